The summed E-state index contributed by atoms with van der Waals surface area (Å²) in [6, 6.07) is 3.17. The molecule has 0 unspecified atom stereocenters. The summed E-state index contributed by atoms with van der Waals surface area (Å²) < 4.78 is 15.1. The van der Waals surface area contributed by atoms with Crippen molar-refractivity contribution in [2.75, 3.05) is 26.1 Å². The molecule has 0 saturated carbocycles. The molecule has 6 nitrogen and oxygen atoms in total. The predicted molar refractivity (Wildman–Crippen MR) is 70.2 cm³/mol. The van der Waals surface area contributed by atoms with E-state index in [0.29, 0.717) is 11.4 Å². The normalized spacial score (nSPS) is 9.68. The van der Waals surface area contributed by atoms with Gasteiger partial charge in [0.25, 0.3) is 0 Å². The van der Waals surface area contributed by atoms with E-state index in [-0.39, 0.29) is 23.7 Å². The Hall–Kier alpha value is -2.24. The zero-order valence-electron chi connectivity index (χ0n) is 11.4. The highest BCUT2D eigenvalue weighted by molar-refractivity contribution is 6.05. The van der Waals surface area contributed by atoms with Crippen LogP contribution in [0.25, 0.3) is 0 Å². The van der Waals surface area contributed by atoms with Gasteiger partial charge in [0.2, 0.25) is 0 Å². The van der Waals surface area contributed by atoms with Gasteiger partial charge in [-0.3, -0.25) is 10.1 Å². The summed E-state index contributed by atoms with van der Waals surface area (Å²) in [4.78, 5) is 23.2. The summed E-state index contributed by atoms with van der Waals surface area (Å²) in [5.41, 5.74) is 0.568. The predicted octanol–water partition coefficient (Wildman–Crippen LogP) is 2.47. The second-order valence-electron chi connectivity index (χ2n) is 3.63. The average Bonchev–Trinajstić information content (AvgIpc) is 2.37. The van der Waals surface area contributed by atoms with E-state index >= 15 is 0 Å². The van der Waals surface area contributed by atoms with Crippen LogP contribution in [0.1, 0.15) is 24.2 Å². The summed E-state index contributed by atoms with van der Waals surface area (Å²) in [5.74, 6) is 0.453. The molecule has 0 aromatic heterocycles. The highest BCUT2D eigenvalue weighted by atomic mass is 16.5. The van der Waals surface area contributed by atoms with Crippen molar-refractivity contribution < 1.29 is 23.8 Å². The molecule has 1 aromatic carbocycles. The molecule has 1 rings (SSSR count). The number of rotatable bonds is 5. The average molecular weight is 267 g/mol. The third-order valence-corrected chi connectivity index (χ3v) is 2.41. The van der Waals surface area contributed by atoms with Crippen molar-refractivity contribution in [3.63, 3.8) is 0 Å². The smallest absolute Gasteiger partial charge is 0.411 e. The summed E-state index contributed by atoms with van der Waals surface area (Å²) in [7, 11) is 2.90. The fraction of sp³-hybridized carbons (Fsp3) is 0.385. The van der Waals surface area contributed by atoms with E-state index < -0.39 is 6.09 Å². The van der Waals surface area contributed by atoms with Gasteiger partial charge in [0.05, 0.1) is 32.1 Å². The number of methoxy groups -OCH3 is 2. The first-order valence-corrected chi connectivity index (χ1v) is 5.74. The zero-order valence-corrected chi connectivity index (χ0v) is 11.4. The number of anilines is 1. The number of carbonyl (C=O) groups excluding carboxylic acids is 2. The largest absolute Gasteiger partial charge is 0.493 e. The Morgan fingerprint density at radius 3 is 2.37 bits per heavy atom. The Morgan fingerprint density at radius 1 is 1.21 bits per heavy atom. The molecule has 0 atom stereocenters. The number of amides is 1. The Balaban J connectivity index is 3.24. The molecule has 6 heteroatoms. The summed E-state index contributed by atoms with van der Waals surface area (Å²) in [6.07, 6.45) is -0.628. The Morgan fingerprint density at radius 2 is 1.89 bits per heavy atom. The topological polar surface area (TPSA) is 73.9 Å². The molecule has 0 radical (unpaired) electrons. The van der Waals surface area contributed by atoms with Crippen LogP contribution in [0.4, 0.5) is 10.5 Å². The number of hydrogen-bond acceptors (Lipinski definition) is 5. The molecule has 0 spiro atoms. The molecule has 0 fully saturated rings. The number of Topliss-reactive ketones (excluding diaryl/α,β-unsaturated/α-hetero) is 1. The lowest BCUT2D eigenvalue weighted by Crippen LogP contribution is -2.16. The Labute approximate surface area is 111 Å². The van der Waals surface area contributed by atoms with E-state index in [1.54, 1.807) is 19.1 Å². The lowest BCUT2D eigenvalue weighted by molar-refractivity contribution is 0.101. The molecule has 0 aliphatic carbocycles. The molecule has 1 amide bonds. The lowest BCUT2D eigenvalue weighted by atomic mass is 10.1. The van der Waals surface area contributed by atoms with Gasteiger partial charge in [0.1, 0.15) is 0 Å². The highest BCUT2D eigenvalue weighted by Crippen LogP contribution is 2.36. The number of carbonyl (C=O) groups is 2. The SMILES string of the molecule is CCOC(=O)Nc1ccc(OC)c(OC)c1C(C)=O. The van der Waals surface area contributed by atoms with E-state index in [0.717, 1.165) is 0 Å². The van der Waals surface area contributed by atoms with Crippen LogP contribution >= 0.6 is 0 Å². The fourth-order valence-electron chi connectivity index (χ4n) is 1.66. The van der Waals surface area contributed by atoms with Crippen LogP contribution in [-0.4, -0.2) is 32.7 Å². The number of nitrogens with one attached hydrogen (secondary N) is 1. The molecule has 104 valence electrons. The number of benzene rings is 1. The van der Waals surface area contributed by atoms with Crippen molar-refractivity contribution in [1.82, 2.24) is 0 Å². The minimum absolute atomic E-state index is 0.245. The van der Waals surface area contributed by atoms with E-state index in [1.165, 1.54) is 21.1 Å². The van der Waals surface area contributed by atoms with Crippen molar-refractivity contribution in [2.45, 2.75) is 13.8 Å². The maximum absolute atomic E-state index is 11.7. The van der Waals surface area contributed by atoms with Crippen molar-refractivity contribution in [3.8, 4) is 11.5 Å². The van der Waals surface area contributed by atoms with Crippen LogP contribution < -0.4 is 14.8 Å². The van der Waals surface area contributed by atoms with Crippen LogP contribution in [0.5, 0.6) is 11.5 Å². The molecular weight excluding hydrogens is 250 g/mol. The monoisotopic (exact) mass is 267 g/mol. The van der Waals surface area contributed by atoms with Gasteiger partial charge in [-0.2, -0.15) is 0 Å². The second kappa shape index (κ2) is 6.63. The van der Waals surface area contributed by atoms with Gasteiger partial charge < -0.3 is 14.2 Å². The first kappa shape index (κ1) is 14.8. The van der Waals surface area contributed by atoms with Gasteiger partial charge in [-0.05, 0) is 26.0 Å². The quantitative estimate of drug-likeness (QED) is 0.829. The number of ketones is 1. The van der Waals surface area contributed by atoms with Gasteiger partial charge in [-0.25, -0.2) is 4.79 Å². The van der Waals surface area contributed by atoms with Crippen molar-refractivity contribution in [3.05, 3.63) is 17.7 Å². The number of hydrogen-bond donors (Lipinski definition) is 1. The zero-order chi connectivity index (χ0) is 14.4. The standard InChI is InChI=1S/C13H17NO5/c1-5-19-13(16)14-9-6-7-10(17-3)12(18-4)11(9)8(2)15/h6-7H,5H2,1-4H3,(H,14,16). The van der Waals surface area contributed by atoms with Crippen LogP contribution in [0.3, 0.4) is 0 Å². The van der Waals surface area contributed by atoms with Gasteiger partial charge in [-0.15, -0.1) is 0 Å². The summed E-state index contributed by atoms with van der Waals surface area (Å²) >= 11 is 0. The maximum Gasteiger partial charge on any atom is 0.411 e. The second-order valence-corrected chi connectivity index (χ2v) is 3.63. The minimum Gasteiger partial charge on any atom is -0.493 e. The van der Waals surface area contributed by atoms with E-state index in [9.17, 15) is 9.59 Å². The molecule has 1 aromatic rings. The summed E-state index contributed by atoms with van der Waals surface area (Å²) in [5, 5.41) is 2.50. The van der Waals surface area contributed by atoms with Gasteiger partial charge in [-0.1, -0.05) is 0 Å². The Kier molecular flexibility index (Phi) is 5.17. The fourth-order valence-corrected chi connectivity index (χ4v) is 1.66. The summed E-state index contributed by atoms with van der Waals surface area (Å²) in [6.45, 7) is 3.32. The van der Waals surface area contributed by atoms with Gasteiger partial charge in [0.15, 0.2) is 17.3 Å². The van der Waals surface area contributed by atoms with E-state index in [2.05, 4.69) is 5.32 Å². The van der Waals surface area contributed by atoms with Crippen LogP contribution in [-0.2, 0) is 4.74 Å². The molecule has 0 saturated heterocycles. The molecular formula is C13H17NO5. The Bertz CT molecular complexity index is 484. The van der Waals surface area contributed by atoms with Crippen molar-refractivity contribution in [1.29, 1.82) is 0 Å². The van der Waals surface area contributed by atoms with E-state index in [4.69, 9.17) is 14.2 Å². The van der Waals surface area contributed by atoms with Crippen LogP contribution in [0.2, 0.25) is 0 Å². The first-order valence-electron chi connectivity index (χ1n) is 5.74. The lowest BCUT2D eigenvalue weighted by Gasteiger charge is -2.15. The first-order chi connectivity index (χ1) is 9.04. The van der Waals surface area contributed by atoms with Crippen molar-refractivity contribution in [2.24, 2.45) is 0 Å². The van der Waals surface area contributed by atoms with Gasteiger partial charge in [0, 0.05) is 0 Å². The van der Waals surface area contributed by atoms with Crippen molar-refractivity contribution >= 4 is 17.6 Å². The van der Waals surface area contributed by atoms with Gasteiger partial charge >= 0.3 is 6.09 Å². The minimum atomic E-state index is -0.628. The van der Waals surface area contributed by atoms with Crippen LogP contribution in [0, 0.1) is 0 Å². The molecule has 0 bridgehead atoms. The van der Waals surface area contributed by atoms with E-state index in [1.807, 2.05) is 0 Å². The third-order valence-electron chi connectivity index (χ3n) is 2.41. The highest BCUT2D eigenvalue weighted by Gasteiger charge is 2.20. The molecule has 0 aliphatic rings. The maximum atomic E-state index is 11.7. The number of ether oxygens (including phenoxy) is 3. The molecule has 0 heterocycles. The molecule has 19 heavy (non-hydrogen) atoms. The molecule has 0 aliphatic heterocycles. The third kappa shape index (κ3) is 3.37. The van der Waals surface area contributed by atoms with Crippen LogP contribution in [0.15, 0.2) is 12.1 Å². The molecule has 1 N–H and O–H groups in total.